The molecule has 2 heterocycles. The van der Waals surface area contributed by atoms with E-state index in [0.29, 0.717) is 5.82 Å². The molecule has 2 aromatic heterocycles. The van der Waals surface area contributed by atoms with Crippen LogP contribution in [0.3, 0.4) is 0 Å². The van der Waals surface area contributed by atoms with Gasteiger partial charge in [0.05, 0.1) is 17.4 Å². The van der Waals surface area contributed by atoms with Gasteiger partial charge in [0.2, 0.25) is 0 Å². The second-order valence-electron chi connectivity index (χ2n) is 3.96. The quantitative estimate of drug-likeness (QED) is 0.691. The molecule has 7 nitrogen and oxygen atoms in total. The number of carbonyl (C=O) groups is 1. The molecule has 0 saturated carbocycles. The molecule has 0 aliphatic rings. The topological polar surface area (TPSA) is 113 Å². The zero-order valence-electron chi connectivity index (χ0n) is 9.82. The first-order valence-electron chi connectivity index (χ1n) is 5.52. The highest BCUT2D eigenvalue weighted by Gasteiger charge is 2.14. The minimum atomic E-state index is -0.672. The van der Waals surface area contributed by atoms with E-state index in [1.54, 1.807) is 0 Å². The molecule has 3 rings (SSSR count). The van der Waals surface area contributed by atoms with Gasteiger partial charge in [0.25, 0.3) is 5.91 Å². The molecule has 0 aliphatic heterocycles. The number of primary amides is 1. The van der Waals surface area contributed by atoms with Gasteiger partial charge >= 0.3 is 0 Å². The molecular formula is C12H10N6O. The van der Waals surface area contributed by atoms with Gasteiger partial charge in [0, 0.05) is 5.39 Å². The second-order valence-corrected chi connectivity index (χ2v) is 3.96. The van der Waals surface area contributed by atoms with Crippen LogP contribution < -0.4 is 11.5 Å². The van der Waals surface area contributed by atoms with Gasteiger partial charge in [-0.3, -0.25) is 4.79 Å². The Morgan fingerprint density at radius 1 is 1.21 bits per heavy atom. The summed E-state index contributed by atoms with van der Waals surface area (Å²) in [5.74, 6) is -0.126. The van der Waals surface area contributed by atoms with Gasteiger partial charge in [-0.1, -0.05) is 12.1 Å². The largest absolute Gasteiger partial charge is 0.396 e. The molecule has 1 amide bonds. The van der Waals surface area contributed by atoms with Crippen molar-refractivity contribution in [2.45, 2.75) is 0 Å². The summed E-state index contributed by atoms with van der Waals surface area (Å²) in [7, 11) is 0. The van der Waals surface area contributed by atoms with E-state index in [1.807, 2.05) is 24.3 Å². The first-order chi connectivity index (χ1) is 9.16. The third-order valence-corrected chi connectivity index (χ3v) is 2.71. The lowest BCUT2D eigenvalue weighted by Crippen LogP contribution is -2.14. The summed E-state index contributed by atoms with van der Waals surface area (Å²) in [6.45, 7) is 0. The normalized spacial score (nSPS) is 10.7. The number of nitrogens with two attached hydrogens (primary N) is 2. The van der Waals surface area contributed by atoms with E-state index in [-0.39, 0.29) is 11.4 Å². The van der Waals surface area contributed by atoms with Crippen LogP contribution in [0.15, 0.2) is 36.8 Å². The van der Waals surface area contributed by atoms with Gasteiger partial charge in [-0.2, -0.15) is 5.10 Å². The predicted octanol–water partition coefficient (Wildman–Crippen LogP) is 0.497. The molecule has 19 heavy (non-hydrogen) atoms. The first-order valence-corrected chi connectivity index (χ1v) is 5.52. The van der Waals surface area contributed by atoms with E-state index in [4.69, 9.17) is 11.5 Å². The molecule has 7 heteroatoms. The van der Waals surface area contributed by atoms with Crippen LogP contribution in [0.5, 0.6) is 0 Å². The van der Waals surface area contributed by atoms with Crippen molar-refractivity contribution in [1.82, 2.24) is 19.7 Å². The highest BCUT2D eigenvalue weighted by molar-refractivity contribution is 5.96. The van der Waals surface area contributed by atoms with E-state index in [9.17, 15) is 4.79 Å². The van der Waals surface area contributed by atoms with Crippen molar-refractivity contribution >= 4 is 22.5 Å². The number of anilines is 1. The molecule has 0 aliphatic carbocycles. The van der Waals surface area contributed by atoms with Gasteiger partial charge in [0.1, 0.15) is 6.33 Å². The summed E-state index contributed by atoms with van der Waals surface area (Å²) in [5, 5.41) is 4.87. The molecule has 0 bridgehead atoms. The minimum Gasteiger partial charge on any atom is -0.396 e. The zero-order chi connectivity index (χ0) is 13.4. The number of nitrogens with zero attached hydrogens (tertiary/aromatic N) is 4. The molecule has 94 valence electrons. The van der Waals surface area contributed by atoms with E-state index < -0.39 is 5.91 Å². The van der Waals surface area contributed by atoms with Gasteiger partial charge in [-0.05, 0) is 12.1 Å². The molecule has 0 atom stereocenters. The van der Waals surface area contributed by atoms with E-state index in [1.165, 1.54) is 17.2 Å². The molecule has 1 aromatic carbocycles. The lowest BCUT2D eigenvalue weighted by Gasteiger charge is -2.03. The summed E-state index contributed by atoms with van der Waals surface area (Å²) in [6.07, 6.45) is 2.94. The van der Waals surface area contributed by atoms with Crippen LogP contribution in [0.2, 0.25) is 0 Å². The Hall–Kier alpha value is -2.96. The van der Waals surface area contributed by atoms with Crippen LogP contribution in [-0.4, -0.2) is 25.7 Å². The maximum Gasteiger partial charge on any atom is 0.271 e. The summed E-state index contributed by atoms with van der Waals surface area (Å²) in [4.78, 5) is 19.5. The van der Waals surface area contributed by atoms with Crippen molar-refractivity contribution in [3.8, 4) is 5.82 Å². The first kappa shape index (κ1) is 11.1. The van der Waals surface area contributed by atoms with Crippen LogP contribution in [0.25, 0.3) is 16.7 Å². The van der Waals surface area contributed by atoms with Gasteiger partial charge < -0.3 is 11.5 Å². The van der Waals surface area contributed by atoms with Crippen LogP contribution in [0.1, 0.15) is 10.5 Å². The summed E-state index contributed by atoms with van der Waals surface area (Å²) in [6, 6.07) is 7.48. The Kier molecular flexibility index (Phi) is 2.38. The van der Waals surface area contributed by atoms with Crippen molar-refractivity contribution < 1.29 is 4.79 Å². The van der Waals surface area contributed by atoms with Crippen LogP contribution >= 0.6 is 0 Å². The van der Waals surface area contributed by atoms with Crippen LogP contribution in [0, 0.1) is 0 Å². The Morgan fingerprint density at radius 3 is 2.74 bits per heavy atom. The number of para-hydroxylation sites is 1. The number of fused-ring (bicyclic) bond motifs is 1. The number of aromatic nitrogens is 4. The second kappa shape index (κ2) is 4.05. The summed E-state index contributed by atoms with van der Waals surface area (Å²) >= 11 is 0. The SMILES string of the molecule is NC(=O)c1nn(-c2ncnc3ccccc23)cc1N. The summed E-state index contributed by atoms with van der Waals surface area (Å²) < 4.78 is 1.43. The number of nitrogen functional groups attached to an aromatic ring is 1. The van der Waals surface area contributed by atoms with Gasteiger partial charge in [-0.15, -0.1) is 0 Å². The maximum absolute atomic E-state index is 11.2. The lowest BCUT2D eigenvalue weighted by atomic mass is 10.2. The van der Waals surface area contributed by atoms with Gasteiger partial charge in [0.15, 0.2) is 11.5 Å². The average Bonchev–Trinajstić information content (AvgIpc) is 2.80. The molecule has 0 unspecified atom stereocenters. The number of hydrogen-bond donors (Lipinski definition) is 2. The highest BCUT2D eigenvalue weighted by atomic mass is 16.1. The number of rotatable bonds is 2. The predicted molar refractivity (Wildman–Crippen MR) is 69.6 cm³/mol. The Bertz CT molecular complexity index is 773. The standard InChI is InChI=1S/C12H10N6O/c13-8-5-18(17-10(8)11(14)19)12-7-3-1-2-4-9(7)15-6-16-12/h1-6H,13H2,(H2,14,19). The smallest absolute Gasteiger partial charge is 0.271 e. The van der Waals surface area contributed by atoms with Crippen molar-refractivity contribution in [2.24, 2.45) is 5.73 Å². The van der Waals surface area contributed by atoms with E-state index in [2.05, 4.69) is 15.1 Å². The molecular weight excluding hydrogens is 244 g/mol. The fourth-order valence-corrected chi connectivity index (χ4v) is 1.86. The Morgan fingerprint density at radius 2 is 2.00 bits per heavy atom. The number of benzene rings is 1. The van der Waals surface area contributed by atoms with Crippen LogP contribution in [-0.2, 0) is 0 Å². The van der Waals surface area contributed by atoms with Crippen molar-refractivity contribution in [3.05, 3.63) is 42.5 Å². The summed E-state index contributed by atoms with van der Waals surface area (Å²) in [5.41, 5.74) is 11.9. The highest BCUT2D eigenvalue weighted by Crippen LogP contribution is 2.19. The molecule has 0 spiro atoms. The molecule has 3 aromatic rings. The lowest BCUT2D eigenvalue weighted by molar-refractivity contribution is 0.0996. The molecule has 0 fully saturated rings. The monoisotopic (exact) mass is 254 g/mol. The number of amides is 1. The number of hydrogen-bond acceptors (Lipinski definition) is 5. The van der Waals surface area contributed by atoms with Crippen molar-refractivity contribution in [2.75, 3.05) is 5.73 Å². The van der Waals surface area contributed by atoms with E-state index in [0.717, 1.165) is 10.9 Å². The van der Waals surface area contributed by atoms with Crippen molar-refractivity contribution in [1.29, 1.82) is 0 Å². The molecule has 4 N–H and O–H groups in total. The van der Waals surface area contributed by atoms with Crippen molar-refractivity contribution in [3.63, 3.8) is 0 Å². The van der Waals surface area contributed by atoms with E-state index >= 15 is 0 Å². The zero-order valence-corrected chi connectivity index (χ0v) is 9.82. The van der Waals surface area contributed by atoms with Crippen LogP contribution in [0.4, 0.5) is 5.69 Å². The molecule has 0 saturated heterocycles. The minimum absolute atomic E-state index is 0.0303. The average molecular weight is 254 g/mol. The Balaban J connectivity index is 2.25. The Labute approximate surface area is 107 Å². The number of carbonyl (C=O) groups excluding carboxylic acids is 1. The molecule has 0 radical (unpaired) electrons. The maximum atomic E-state index is 11.2. The fraction of sp³-hybridized carbons (Fsp3) is 0. The third kappa shape index (κ3) is 1.77. The third-order valence-electron chi connectivity index (χ3n) is 2.71. The fourth-order valence-electron chi connectivity index (χ4n) is 1.86. The van der Waals surface area contributed by atoms with Gasteiger partial charge in [-0.25, -0.2) is 14.6 Å².